The molecule has 0 atom stereocenters. The van der Waals surface area contributed by atoms with Crippen LogP contribution >= 0.6 is 0 Å². The molecule has 0 fully saturated rings. The van der Waals surface area contributed by atoms with Gasteiger partial charge in [-0.05, 0) is 62.4 Å². The number of rotatable bonds is 8. The van der Waals surface area contributed by atoms with Crippen molar-refractivity contribution in [2.75, 3.05) is 20.8 Å². The van der Waals surface area contributed by atoms with Crippen LogP contribution in [0.2, 0.25) is 0 Å². The summed E-state index contributed by atoms with van der Waals surface area (Å²) in [6.07, 6.45) is 2.03. The van der Waals surface area contributed by atoms with Gasteiger partial charge in [0.2, 0.25) is 0 Å². The Balaban J connectivity index is 2.29. The molecule has 3 aromatic rings. The van der Waals surface area contributed by atoms with Crippen molar-refractivity contribution in [1.82, 2.24) is 9.97 Å². The van der Waals surface area contributed by atoms with Crippen LogP contribution in [0.1, 0.15) is 41.9 Å². The van der Waals surface area contributed by atoms with Gasteiger partial charge in [0.15, 0.2) is 0 Å². The van der Waals surface area contributed by atoms with Crippen molar-refractivity contribution >= 4 is 0 Å². The van der Waals surface area contributed by atoms with Crippen LogP contribution in [0.3, 0.4) is 0 Å². The molecule has 0 unspecified atom stereocenters. The van der Waals surface area contributed by atoms with E-state index in [4.69, 9.17) is 19.4 Å². The number of hydrogen-bond donors (Lipinski definition) is 1. The van der Waals surface area contributed by atoms with E-state index in [0.717, 1.165) is 52.3 Å². The molecule has 31 heavy (non-hydrogen) atoms. The summed E-state index contributed by atoms with van der Waals surface area (Å²) in [5.74, 6) is 1.35. The van der Waals surface area contributed by atoms with Crippen LogP contribution in [0.5, 0.6) is 11.5 Å². The van der Waals surface area contributed by atoms with Crippen molar-refractivity contribution in [3.8, 4) is 34.0 Å². The maximum Gasteiger partial charge on any atom is 0.132 e. The minimum atomic E-state index is 0.0657. The van der Waals surface area contributed by atoms with Gasteiger partial charge < -0.3 is 14.6 Å². The first-order valence-electron chi connectivity index (χ1n) is 10.8. The molecule has 0 saturated heterocycles. The lowest BCUT2D eigenvalue weighted by Gasteiger charge is -2.19. The molecule has 1 heterocycles. The fourth-order valence-corrected chi connectivity index (χ4v) is 3.88. The van der Waals surface area contributed by atoms with Gasteiger partial charge >= 0.3 is 0 Å². The molecule has 1 N–H and O–H groups in total. The largest absolute Gasteiger partial charge is 0.496 e. The van der Waals surface area contributed by atoms with E-state index in [1.54, 1.807) is 14.2 Å². The summed E-state index contributed by atoms with van der Waals surface area (Å²) in [6.45, 7) is 8.47. The highest BCUT2D eigenvalue weighted by atomic mass is 16.5. The minimum Gasteiger partial charge on any atom is -0.496 e. The van der Waals surface area contributed by atoms with E-state index in [1.807, 2.05) is 12.1 Å². The maximum absolute atomic E-state index is 9.36. The minimum absolute atomic E-state index is 0.0657. The third-order valence-corrected chi connectivity index (χ3v) is 5.56. The number of methoxy groups -OCH3 is 2. The second-order valence-corrected chi connectivity index (χ2v) is 7.69. The van der Waals surface area contributed by atoms with Gasteiger partial charge in [0.1, 0.15) is 11.5 Å². The Bertz CT molecular complexity index is 1050. The number of benzene rings is 2. The number of nitrogens with zero attached hydrogens (tertiary/aromatic N) is 2. The van der Waals surface area contributed by atoms with Crippen molar-refractivity contribution in [2.45, 2.75) is 47.0 Å². The Hall–Kier alpha value is -2.92. The first-order valence-corrected chi connectivity index (χ1v) is 10.8. The van der Waals surface area contributed by atoms with Crippen LogP contribution in [0.15, 0.2) is 30.3 Å². The average Bonchev–Trinajstić information content (AvgIpc) is 2.79. The first-order chi connectivity index (χ1) is 15.0. The number of aliphatic hydroxyl groups excluding tert-OH is 1. The van der Waals surface area contributed by atoms with E-state index in [0.29, 0.717) is 17.9 Å². The predicted octanol–water partition coefficient (Wildman–Crippen LogP) is 5.10. The SMILES string of the molecule is CCc1nc(-c2c(OC)cc(CCO)cc2OC)c(CC)nc1-c1cc(C)ccc1C. The smallest absolute Gasteiger partial charge is 0.132 e. The maximum atomic E-state index is 9.36. The molecule has 0 bridgehead atoms. The Labute approximate surface area is 185 Å². The van der Waals surface area contributed by atoms with Gasteiger partial charge in [0, 0.05) is 12.2 Å². The molecule has 5 heteroatoms. The van der Waals surface area contributed by atoms with Crippen molar-refractivity contribution < 1.29 is 14.6 Å². The Morgan fingerprint density at radius 2 is 1.42 bits per heavy atom. The van der Waals surface area contributed by atoms with Crippen LogP contribution < -0.4 is 9.47 Å². The molecule has 2 aromatic carbocycles. The fourth-order valence-electron chi connectivity index (χ4n) is 3.88. The fraction of sp³-hybridized carbons (Fsp3) is 0.385. The van der Waals surface area contributed by atoms with E-state index >= 15 is 0 Å². The third kappa shape index (κ3) is 4.57. The van der Waals surface area contributed by atoms with Gasteiger partial charge in [0.05, 0.1) is 42.6 Å². The zero-order valence-corrected chi connectivity index (χ0v) is 19.4. The van der Waals surface area contributed by atoms with Gasteiger partial charge in [-0.2, -0.15) is 0 Å². The Morgan fingerprint density at radius 3 is 1.97 bits per heavy atom. The average molecular weight is 421 g/mol. The third-order valence-electron chi connectivity index (χ3n) is 5.56. The van der Waals surface area contributed by atoms with E-state index in [-0.39, 0.29) is 6.61 Å². The van der Waals surface area contributed by atoms with Gasteiger partial charge in [-0.15, -0.1) is 0 Å². The zero-order valence-electron chi connectivity index (χ0n) is 19.4. The zero-order chi connectivity index (χ0) is 22.5. The first kappa shape index (κ1) is 22.8. The predicted molar refractivity (Wildman–Crippen MR) is 125 cm³/mol. The second kappa shape index (κ2) is 9.92. The highest BCUT2D eigenvalue weighted by Gasteiger charge is 2.22. The summed E-state index contributed by atoms with van der Waals surface area (Å²) < 4.78 is 11.4. The topological polar surface area (TPSA) is 64.5 Å². The molecular formula is C26H32N2O3. The van der Waals surface area contributed by atoms with Crippen LogP contribution in [0.4, 0.5) is 0 Å². The number of hydrogen-bond acceptors (Lipinski definition) is 5. The molecule has 1 aromatic heterocycles. The van der Waals surface area contributed by atoms with Crippen LogP contribution in [0, 0.1) is 13.8 Å². The van der Waals surface area contributed by atoms with Crippen LogP contribution in [-0.4, -0.2) is 35.9 Å². The molecule has 0 radical (unpaired) electrons. The van der Waals surface area contributed by atoms with Gasteiger partial charge in [-0.1, -0.05) is 31.5 Å². The summed E-state index contributed by atoms with van der Waals surface area (Å²) >= 11 is 0. The number of aryl methyl sites for hydroxylation is 4. The van der Waals surface area contributed by atoms with E-state index in [9.17, 15) is 5.11 Å². The molecule has 3 rings (SSSR count). The standard InChI is InChI=1S/C26H32N2O3/c1-7-20-25(19-13-16(3)9-10-17(19)4)27-21(8-2)26(28-20)24-22(30-5)14-18(11-12-29)15-23(24)31-6/h9-10,13-15,29H,7-8,11-12H2,1-6H3. The van der Waals surface area contributed by atoms with Gasteiger partial charge in [-0.3, -0.25) is 0 Å². The lowest BCUT2D eigenvalue weighted by atomic mass is 9.98. The van der Waals surface area contributed by atoms with E-state index in [2.05, 4.69) is 45.9 Å². The van der Waals surface area contributed by atoms with E-state index in [1.165, 1.54) is 11.1 Å². The number of aromatic nitrogens is 2. The highest BCUT2D eigenvalue weighted by Crippen LogP contribution is 2.41. The highest BCUT2D eigenvalue weighted by molar-refractivity contribution is 5.78. The summed E-state index contributed by atoms with van der Waals surface area (Å²) in [6, 6.07) is 10.3. The van der Waals surface area contributed by atoms with Gasteiger partial charge in [0.25, 0.3) is 0 Å². The Morgan fingerprint density at radius 1 is 0.839 bits per heavy atom. The molecule has 0 aliphatic heterocycles. The van der Waals surface area contributed by atoms with Crippen molar-refractivity contribution in [1.29, 1.82) is 0 Å². The molecule has 164 valence electrons. The lowest BCUT2D eigenvalue weighted by molar-refractivity contribution is 0.299. The van der Waals surface area contributed by atoms with E-state index < -0.39 is 0 Å². The lowest BCUT2D eigenvalue weighted by Crippen LogP contribution is -2.07. The summed E-state index contributed by atoms with van der Waals surface area (Å²) in [4.78, 5) is 10.2. The molecule has 0 amide bonds. The summed E-state index contributed by atoms with van der Waals surface area (Å²) in [7, 11) is 3.29. The normalized spacial score (nSPS) is 10.9. The molecule has 0 aliphatic rings. The quantitative estimate of drug-likeness (QED) is 0.549. The molecule has 5 nitrogen and oxygen atoms in total. The summed E-state index contributed by atoms with van der Waals surface area (Å²) in [5, 5.41) is 9.36. The molecule has 0 saturated carbocycles. The number of aliphatic hydroxyl groups is 1. The Kier molecular flexibility index (Phi) is 7.29. The molecule has 0 aliphatic carbocycles. The van der Waals surface area contributed by atoms with Crippen molar-refractivity contribution in [3.05, 3.63) is 58.4 Å². The monoisotopic (exact) mass is 420 g/mol. The van der Waals surface area contributed by atoms with Gasteiger partial charge in [-0.25, -0.2) is 9.97 Å². The second-order valence-electron chi connectivity index (χ2n) is 7.69. The number of ether oxygens (including phenoxy) is 2. The summed E-state index contributed by atoms with van der Waals surface area (Å²) in [5.41, 5.74) is 8.86. The van der Waals surface area contributed by atoms with Crippen molar-refractivity contribution in [3.63, 3.8) is 0 Å². The van der Waals surface area contributed by atoms with Crippen molar-refractivity contribution in [2.24, 2.45) is 0 Å². The molecular weight excluding hydrogens is 388 g/mol. The molecule has 0 spiro atoms. The van der Waals surface area contributed by atoms with Crippen LogP contribution in [-0.2, 0) is 19.3 Å². The van der Waals surface area contributed by atoms with Crippen LogP contribution in [0.25, 0.3) is 22.5 Å².